The van der Waals surface area contributed by atoms with Crippen LogP contribution in [0, 0.1) is 0 Å². The van der Waals surface area contributed by atoms with E-state index in [4.69, 9.17) is 28.3 Å². The van der Waals surface area contributed by atoms with Crippen LogP contribution < -0.4 is 15.6 Å². The highest BCUT2D eigenvalue weighted by atomic mass is 79.9. The fourth-order valence-electron chi connectivity index (χ4n) is 3.31. The molecule has 172 valence electrons. The van der Waals surface area contributed by atoms with Crippen molar-refractivity contribution >= 4 is 66.0 Å². The van der Waals surface area contributed by atoms with E-state index in [1.54, 1.807) is 19.0 Å². The summed E-state index contributed by atoms with van der Waals surface area (Å²) in [5.74, 6) is 0.756. The third kappa shape index (κ3) is 4.64. The molecule has 9 nitrogen and oxygen atoms in total. The Hall–Kier alpha value is -2.44. The summed E-state index contributed by atoms with van der Waals surface area (Å²) in [6, 6.07) is 9.97. The number of sulfonamides is 1. The zero-order chi connectivity index (χ0) is 24.1. The summed E-state index contributed by atoms with van der Waals surface area (Å²) in [5.41, 5.74) is 0.960. The fraction of sp³-hybridized carbons (Fsp3) is 0.150. The van der Waals surface area contributed by atoms with Crippen molar-refractivity contribution < 1.29 is 8.42 Å². The zero-order valence-corrected chi connectivity index (χ0v) is 21.2. The van der Waals surface area contributed by atoms with E-state index in [0.717, 1.165) is 10.0 Å². The van der Waals surface area contributed by atoms with Crippen LogP contribution in [0.4, 0.5) is 5.82 Å². The second-order valence-corrected chi connectivity index (χ2v) is 10.7. The van der Waals surface area contributed by atoms with Gasteiger partial charge in [-0.15, -0.1) is 5.10 Å². The van der Waals surface area contributed by atoms with E-state index in [1.165, 1.54) is 16.8 Å². The molecule has 0 atom stereocenters. The van der Waals surface area contributed by atoms with Crippen molar-refractivity contribution in [2.45, 2.75) is 11.3 Å². The van der Waals surface area contributed by atoms with Crippen LogP contribution in [-0.4, -0.2) is 42.3 Å². The van der Waals surface area contributed by atoms with Crippen molar-refractivity contribution in [3.8, 4) is 5.69 Å². The number of nitrogens with zero attached hydrogens (tertiary/aromatic N) is 4. The number of rotatable bonds is 5. The highest BCUT2D eigenvalue weighted by molar-refractivity contribution is 9.10. The molecule has 2 heterocycles. The Morgan fingerprint density at radius 1 is 1.15 bits per heavy atom. The molecule has 2 aromatic heterocycles. The fourth-order valence-corrected chi connectivity index (χ4v) is 4.92. The highest BCUT2D eigenvalue weighted by Gasteiger charge is 2.24. The Morgan fingerprint density at radius 3 is 2.30 bits per heavy atom. The molecule has 0 amide bonds. The number of primary sulfonamides is 1. The summed E-state index contributed by atoms with van der Waals surface area (Å²) in [7, 11) is -0.568. The van der Waals surface area contributed by atoms with Gasteiger partial charge >= 0.3 is 0 Å². The summed E-state index contributed by atoms with van der Waals surface area (Å²) >= 11 is 16.2. The van der Waals surface area contributed by atoms with Crippen LogP contribution in [0.3, 0.4) is 0 Å². The maximum absolute atomic E-state index is 13.0. The van der Waals surface area contributed by atoms with Gasteiger partial charge in [-0.25, -0.2) is 23.2 Å². The van der Waals surface area contributed by atoms with E-state index in [2.05, 4.69) is 31.0 Å². The maximum atomic E-state index is 13.0. The van der Waals surface area contributed by atoms with Crippen LogP contribution in [0.25, 0.3) is 16.7 Å². The van der Waals surface area contributed by atoms with Gasteiger partial charge in [0.1, 0.15) is 16.9 Å². The molecule has 13 heteroatoms. The molecule has 0 aliphatic heterocycles. The van der Waals surface area contributed by atoms with E-state index in [-0.39, 0.29) is 37.2 Å². The van der Waals surface area contributed by atoms with Gasteiger partial charge in [0.15, 0.2) is 11.5 Å². The number of nitrogens with two attached hydrogens (primary N) is 1. The molecule has 4 rings (SSSR count). The molecule has 3 N–H and O–H groups in total. The molecule has 0 fully saturated rings. The first kappa shape index (κ1) is 23.7. The van der Waals surface area contributed by atoms with Crippen LogP contribution >= 0.6 is 39.1 Å². The van der Waals surface area contributed by atoms with Gasteiger partial charge in [-0.2, -0.15) is 0 Å². The Bertz CT molecular complexity index is 1530. The lowest BCUT2D eigenvalue weighted by atomic mass is 10.1. The SMILES string of the molecule is CN(C)c1nn(-c2c(Cl)cc(S(N)(=O)=O)cc2Cl)c2nc(Cc3ccc(Br)cc3)[nH]c(=O)c12. The van der Waals surface area contributed by atoms with Gasteiger partial charge in [0, 0.05) is 25.0 Å². The van der Waals surface area contributed by atoms with E-state index in [9.17, 15) is 13.2 Å². The third-order valence-corrected chi connectivity index (χ3v) is 6.81. The van der Waals surface area contributed by atoms with Gasteiger partial charge in [-0.3, -0.25) is 4.79 Å². The van der Waals surface area contributed by atoms with Crippen molar-refractivity contribution in [1.29, 1.82) is 0 Å². The highest BCUT2D eigenvalue weighted by Crippen LogP contribution is 2.34. The molecule has 33 heavy (non-hydrogen) atoms. The standard InChI is InChI=1S/C20H17BrCl2N6O3S/c1-28(2)19-16-18(25-15(26-20(16)30)7-10-3-5-11(21)6-4-10)29(27-19)17-13(22)8-12(9-14(17)23)33(24,31)32/h3-6,8-9H,7H2,1-2H3,(H2,24,31,32)(H,25,26,30). The second kappa shape index (κ2) is 8.73. The summed E-state index contributed by atoms with van der Waals surface area (Å²) in [5, 5.41) is 9.91. The topological polar surface area (TPSA) is 127 Å². The van der Waals surface area contributed by atoms with Gasteiger partial charge in [0.25, 0.3) is 5.56 Å². The number of benzene rings is 2. The molecule has 0 aliphatic carbocycles. The van der Waals surface area contributed by atoms with Crippen molar-refractivity contribution in [1.82, 2.24) is 19.7 Å². The molecule has 0 saturated carbocycles. The largest absolute Gasteiger partial charge is 0.361 e. The zero-order valence-electron chi connectivity index (χ0n) is 17.3. The normalized spacial score (nSPS) is 11.8. The first-order valence-corrected chi connectivity index (χ1v) is 12.5. The molecule has 4 aromatic rings. The Labute approximate surface area is 207 Å². The molecule has 0 bridgehead atoms. The molecule has 0 aliphatic rings. The minimum absolute atomic E-state index is 0.0160. The molecule has 2 aromatic carbocycles. The van der Waals surface area contributed by atoms with Crippen molar-refractivity contribution in [2.75, 3.05) is 19.0 Å². The van der Waals surface area contributed by atoms with Gasteiger partial charge in [0.05, 0.1) is 14.9 Å². The van der Waals surface area contributed by atoms with Crippen LogP contribution in [0.15, 0.2) is 50.6 Å². The molecule has 0 radical (unpaired) electrons. The smallest absolute Gasteiger partial charge is 0.264 e. The minimum Gasteiger partial charge on any atom is -0.361 e. The number of hydrogen-bond donors (Lipinski definition) is 2. The molecular formula is C20H17BrCl2N6O3S. The number of hydrogen-bond acceptors (Lipinski definition) is 6. The number of halogens is 3. The molecule has 0 unspecified atom stereocenters. The lowest BCUT2D eigenvalue weighted by molar-refractivity contribution is 0.598. The van der Waals surface area contributed by atoms with Gasteiger partial charge in [-0.05, 0) is 29.8 Å². The number of aromatic amines is 1. The lowest BCUT2D eigenvalue weighted by Gasteiger charge is -2.11. The van der Waals surface area contributed by atoms with Gasteiger partial charge < -0.3 is 9.88 Å². The summed E-state index contributed by atoms with van der Waals surface area (Å²) in [6.45, 7) is 0. The Balaban J connectivity index is 1.96. The van der Waals surface area contributed by atoms with Crippen LogP contribution in [0.2, 0.25) is 10.0 Å². The number of aromatic nitrogens is 4. The van der Waals surface area contributed by atoms with Gasteiger partial charge in [0.2, 0.25) is 10.0 Å². The first-order valence-electron chi connectivity index (χ1n) is 9.41. The van der Waals surface area contributed by atoms with Crippen LogP contribution in [0.5, 0.6) is 0 Å². The number of nitrogens with one attached hydrogen (secondary N) is 1. The summed E-state index contributed by atoms with van der Waals surface area (Å²) < 4.78 is 25.8. The summed E-state index contributed by atoms with van der Waals surface area (Å²) in [4.78, 5) is 21.9. The van der Waals surface area contributed by atoms with E-state index in [1.807, 2.05) is 24.3 Å². The van der Waals surface area contributed by atoms with Crippen molar-refractivity contribution in [3.63, 3.8) is 0 Å². The number of anilines is 1. The molecule has 0 spiro atoms. The second-order valence-electron chi connectivity index (χ2n) is 7.42. The van der Waals surface area contributed by atoms with Crippen LogP contribution in [-0.2, 0) is 16.4 Å². The average Bonchev–Trinajstić information content (AvgIpc) is 3.09. The predicted octanol–water partition coefficient (Wildman–Crippen LogP) is 3.48. The predicted molar refractivity (Wildman–Crippen MR) is 132 cm³/mol. The quantitative estimate of drug-likeness (QED) is 0.377. The summed E-state index contributed by atoms with van der Waals surface area (Å²) in [6.07, 6.45) is 0.368. The lowest BCUT2D eigenvalue weighted by Crippen LogP contribution is -2.16. The molecular weight excluding hydrogens is 555 g/mol. The third-order valence-electron chi connectivity index (χ3n) is 4.81. The number of fused-ring (bicyclic) bond motifs is 1. The van der Waals surface area contributed by atoms with Crippen LogP contribution in [0.1, 0.15) is 11.4 Å². The Kier molecular flexibility index (Phi) is 6.27. The van der Waals surface area contributed by atoms with E-state index in [0.29, 0.717) is 18.1 Å². The van der Waals surface area contributed by atoms with E-state index < -0.39 is 10.0 Å². The maximum Gasteiger partial charge on any atom is 0.264 e. The van der Waals surface area contributed by atoms with Crippen molar-refractivity contribution in [3.05, 3.63) is 72.7 Å². The first-order chi connectivity index (χ1) is 15.5. The Morgan fingerprint density at radius 2 is 1.76 bits per heavy atom. The molecule has 0 saturated heterocycles. The van der Waals surface area contributed by atoms with Gasteiger partial charge in [-0.1, -0.05) is 51.3 Å². The number of H-pyrrole nitrogens is 1. The monoisotopic (exact) mass is 570 g/mol. The van der Waals surface area contributed by atoms with Crippen molar-refractivity contribution in [2.24, 2.45) is 5.14 Å². The van der Waals surface area contributed by atoms with E-state index >= 15 is 0 Å². The minimum atomic E-state index is -4.03. The average molecular weight is 572 g/mol.